The Hall–Kier alpha value is -1.64. The van der Waals surface area contributed by atoms with Crippen LogP contribution in [0.15, 0.2) is 23.1 Å². The predicted octanol–water partition coefficient (Wildman–Crippen LogP) is 0.841. The maximum absolute atomic E-state index is 12.9. The van der Waals surface area contributed by atoms with Crippen molar-refractivity contribution in [1.82, 2.24) is 4.31 Å². The predicted molar refractivity (Wildman–Crippen MR) is 84.9 cm³/mol. The average Bonchev–Trinajstić information content (AvgIpc) is 2.97. The van der Waals surface area contributed by atoms with E-state index in [1.54, 1.807) is 0 Å². The standard InChI is InChI=1S/C15H22N2O5S/c1-15(9-16)6-7-17(10-15)23(19,20)13-5-4-11(14(18)22-3)8-12(13)21-2/h4-5,8H,6-7,9-10,16H2,1-3H3. The summed E-state index contributed by atoms with van der Waals surface area (Å²) in [7, 11) is -1.09. The summed E-state index contributed by atoms with van der Waals surface area (Å²) in [6.07, 6.45) is 0.714. The van der Waals surface area contributed by atoms with Crippen LogP contribution in [0, 0.1) is 5.41 Å². The number of nitrogens with zero attached hydrogens (tertiary/aromatic N) is 1. The van der Waals surface area contributed by atoms with E-state index in [1.165, 1.54) is 36.7 Å². The lowest BCUT2D eigenvalue weighted by molar-refractivity contribution is 0.0600. The minimum absolute atomic E-state index is 0.0360. The van der Waals surface area contributed by atoms with Crippen LogP contribution in [0.2, 0.25) is 0 Å². The van der Waals surface area contributed by atoms with E-state index in [0.717, 1.165) is 0 Å². The number of methoxy groups -OCH3 is 2. The third kappa shape index (κ3) is 3.34. The molecule has 2 rings (SSSR count). The summed E-state index contributed by atoms with van der Waals surface area (Å²) in [5.41, 5.74) is 5.76. The van der Waals surface area contributed by atoms with Crippen LogP contribution in [0.4, 0.5) is 0 Å². The molecule has 0 amide bonds. The van der Waals surface area contributed by atoms with E-state index in [-0.39, 0.29) is 21.6 Å². The Balaban J connectivity index is 2.39. The van der Waals surface area contributed by atoms with Gasteiger partial charge in [-0.05, 0) is 36.6 Å². The summed E-state index contributed by atoms with van der Waals surface area (Å²) < 4.78 is 36.9. The lowest BCUT2D eigenvalue weighted by Gasteiger charge is -2.23. The largest absolute Gasteiger partial charge is 0.495 e. The van der Waals surface area contributed by atoms with E-state index in [9.17, 15) is 13.2 Å². The van der Waals surface area contributed by atoms with Gasteiger partial charge in [-0.2, -0.15) is 4.31 Å². The van der Waals surface area contributed by atoms with Crippen molar-refractivity contribution in [3.8, 4) is 5.75 Å². The van der Waals surface area contributed by atoms with Gasteiger partial charge in [0.1, 0.15) is 10.6 Å². The van der Waals surface area contributed by atoms with Gasteiger partial charge in [0.25, 0.3) is 0 Å². The molecule has 1 aromatic rings. The summed E-state index contributed by atoms with van der Waals surface area (Å²) in [5.74, 6) is -0.432. The summed E-state index contributed by atoms with van der Waals surface area (Å²) in [5, 5.41) is 0. The third-order valence-electron chi connectivity index (χ3n) is 4.22. The molecule has 0 aromatic heterocycles. The van der Waals surface area contributed by atoms with Crippen LogP contribution in [0.25, 0.3) is 0 Å². The van der Waals surface area contributed by atoms with Crippen molar-refractivity contribution in [2.75, 3.05) is 33.9 Å². The molecule has 0 aliphatic carbocycles. The monoisotopic (exact) mass is 342 g/mol. The Bertz CT molecular complexity index is 704. The Labute approximate surface area is 136 Å². The molecule has 23 heavy (non-hydrogen) atoms. The highest BCUT2D eigenvalue weighted by molar-refractivity contribution is 7.89. The lowest BCUT2D eigenvalue weighted by atomic mass is 9.90. The average molecular weight is 342 g/mol. The van der Waals surface area contributed by atoms with Gasteiger partial charge in [0.05, 0.1) is 19.8 Å². The Morgan fingerprint density at radius 2 is 2.09 bits per heavy atom. The van der Waals surface area contributed by atoms with Crippen LogP contribution >= 0.6 is 0 Å². The van der Waals surface area contributed by atoms with E-state index in [0.29, 0.717) is 26.1 Å². The molecule has 0 radical (unpaired) electrons. The Morgan fingerprint density at radius 1 is 1.39 bits per heavy atom. The number of nitrogens with two attached hydrogens (primary N) is 1. The minimum Gasteiger partial charge on any atom is -0.495 e. The molecule has 2 N–H and O–H groups in total. The van der Waals surface area contributed by atoms with Crippen molar-refractivity contribution in [1.29, 1.82) is 0 Å². The molecule has 1 saturated heterocycles. The van der Waals surface area contributed by atoms with Crippen molar-refractivity contribution in [2.24, 2.45) is 11.1 Å². The number of benzene rings is 1. The molecular formula is C15H22N2O5S. The molecule has 1 fully saturated rings. The fourth-order valence-electron chi connectivity index (χ4n) is 2.61. The zero-order chi connectivity index (χ0) is 17.3. The molecule has 0 bridgehead atoms. The van der Waals surface area contributed by atoms with Gasteiger partial charge in [-0.15, -0.1) is 0 Å². The van der Waals surface area contributed by atoms with Gasteiger partial charge in [-0.25, -0.2) is 13.2 Å². The highest BCUT2D eigenvalue weighted by Crippen LogP contribution is 2.35. The zero-order valence-electron chi connectivity index (χ0n) is 13.5. The van der Waals surface area contributed by atoms with Crippen LogP contribution < -0.4 is 10.5 Å². The summed E-state index contributed by atoms with van der Waals surface area (Å²) >= 11 is 0. The summed E-state index contributed by atoms with van der Waals surface area (Å²) in [6, 6.07) is 4.16. The molecule has 7 nitrogen and oxygen atoms in total. The van der Waals surface area contributed by atoms with Crippen molar-refractivity contribution in [2.45, 2.75) is 18.2 Å². The topological polar surface area (TPSA) is 98.9 Å². The van der Waals surface area contributed by atoms with Crippen LogP contribution in [0.3, 0.4) is 0 Å². The second-order valence-electron chi connectivity index (χ2n) is 5.96. The maximum atomic E-state index is 12.9. The fourth-order valence-corrected chi connectivity index (χ4v) is 4.34. The zero-order valence-corrected chi connectivity index (χ0v) is 14.4. The number of hydrogen-bond acceptors (Lipinski definition) is 6. The fraction of sp³-hybridized carbons (Fsp3) is 0.533. The van der Waals surface area contributed by atoms with Gasteiger partial charge in [0.15, 0.2) is 0 Å². The van der Waals surface area contributed by atoms with Crippen molar-refractivity contribution >= 4 is 16.0 Å². The van der Waals surface area contributed by atoms with Crippen LogP contribution in [0.5, 0.6) is 5.75 Å². The first-order valence-corrected chi connectivity index (χ1v) is 8.68. The van der Waals surface area contributed by atoms with Crippen molar-refractivity contribution < 1.29 is 22.7 Å². The molecule has 0 spiro atoms. The molecule has 1 aliphatic rings. The first-order chi connectivity index (χ1) is 10.8. The van der Waals surface area contributed by atoms with Gasteiger partial charge < -0.3 is 15.2 Å². The number of hydrogen-bond donors (Lipinski definition) is 1. The van der Waals surface area contributed by atoms with E-state index in [4.69, 9.17) is 10.5 Å². The second kappa shape index (κ2) is 6.46. The highest BCUT2D eigenvalue weighted by Gasteiger charge is 2.40. The first kappa shape index (κ1) is 17.7. The lowest BCUT2D eigenvalue weighted by Crippen LogP contribution is -2.34. The van der Waals surface area contributed by atoms with Gasteiger partial charge in [0.2, 0.25) is 10.0 Å². The van der Waals surface area contributed by atoms with E-state index < -0.39 is 16.0 Å². The minimum atomic E-state index is -3.71. The summed E-state index contributed by atoms with van der Waals surface area (Å²) in [4.78, 5) is 11.6. The van der Waals surface area contributed by atoms with Gasteiger partial charge >= 0.3 is 5.97 Å². The van der Waals surface area contributed by atoms with E-state index >= 15 is 0 Å². The van der Waals surface area contributed by atoms with Gasteiger partial charge in [0, 0.05) is 13.1 Å². The first-order valence-electron chi connectivity index (χ1n) is 7.24. The van der Waals surface area contributed by atoms with Gasteiger partial charge in [-0.3, -0.25) is 0 Å². The second-order valence-corrected chi connectivity index (χ2v) is 7.87. The molecule has 1 heterocycles. The molecular weight excluding hydrogens is 320 g/mol. The molecule has 8 heteroatoms. The van der Waals surface area contributed by atoms with Gasteiger partial charge in [-0.1, -0.05) is 6.92 Å². The normalized spacial score (nSPS) is 22.1. The van der Waals surface area contributed by atoms with Crippen molar-refractivity contribution in [3.63, 3.8) is 0 Å². The summed E-state index contributed by atoms with van der Waals surface area (Å²) in [6.45, 7) is 3.18. The van der Waals surface area contributed by atoms with E-state index in [2.05, 4.69) is 4.74 Å². The van der Waals surface area contributed by atoms with Crippen LogP contribution in [-0.4, -0.2) is 52.5 Å². The number of ether oxygens (including phenoxy) is 2. The number of carbonyl (C=O) groups excluding carboxylic acids is 1. The van der Waals surface area contributed by atoms with E-state index in [1.807, 2.05) is 6.92 Å². The molecule has 1 aliphatic heterocycles. The molecule has 0 saturated carbocycles. The quantitative estimate of drug-likeness (QED) is 0.796. The molecule has 1 atom stereocenters. The molecule has 1 aromatic carbocycles. The maximum Gasteiger partial charge on any atom is 0.337 e. The number of sulfonamides is 1. The number of esters is 1. The smallest absolute Gasteiger partial charge is 0.337 e. The Morgan fingerprint density at radius 3 is 2.61 bits per heavy atom. The number of rotatable bonds is 5. The molecule has 128 valence electrons. The Kier molecular flexibility index (Phi) is 4.98. The highest BCUT2D eigenvalue weighted by atomic mass is 32.2. The van der Waals surface area contributed by atoms with Crippen LogP contribution in [-0.2, 0) is 14.8 Å². The van der Waals surface area contributed by atoms with Crippen molar-refractivity contribution in [3.05, 3.63) is 23.8 Å². The molecule has 1 unspecified atom stereocenters. The number of carbonyl (C=O) groups is 1. The third-order valence-corrected chi connectivity index (χ3v) is 6.10. The van der Waals surface area contributed by atoms with Crippen LogP contribution in [0.1, 0.15) is 23.7 Å². The SMILES string of the molecule is COC(=O)c1ccc(S(=O)(=O)N2CCC(C)(CN)C2)c(OC)c1.